The van der Waals surface area contributed by atoms with Crippen LogP contribution in [0.5, 0.6) is 0 Å². The number of nitrogens with two attached hydrogens (primary N) is 1. The van der Waals surface area contributed by atoms with Crippen LogP contribution < -0.4 is 11.1 Å². The van der Waals surface area contributed by atoms with Crippen molar-refractivity contribution in [3.05, 3.63) is 246 Å². The van der Waals surface area contributed by atoms with Crippen LogP contribution >= 0.6 is 0 Å². The number of benzene rings is 10. The van der Waals surface area contributed by atoms with Crippen molar-refractivity contribution in [2.45, 2.75) is 12.3 Å². The van der Waals surface area contributed by atoms with Gasteiger partial charge < -0.3 is 11.1 Å². The SMILES string of the molecule is Cc1ccc2c(c1)C(c1ccccc1)(c1c3ccccc3c(-c3cccc4ccccc34)c3ccccc13)c1ccccc1-2.Nc1ccccc1Nc1ccccc1. The molecular weight excluding hydrogens is 701 g/mol. The first-order valence-corrected chi connectivity index (χ1v) is 20.0. The number of rotatable bonds is 5. The molecular formula is C56H42N2. The first-order chi connectivity index (χ1) is 28.6. The van der Waals surface area contributed by atoms with Gasteiger partial charge in [-0.3, -0.25) is 0 Å². The first kappa shape index (κ1) is 35.0. The van der Waals surface area contributed by atoms with Gasteiger partial charge in [-0.25, -0.2) is 0 Å². The topological polar surface area (TPSA) is 38.0 Å². The van der Waals surface area contributed by atoms with E-state index < -0.39 is 5.41 Å². The molecule has 0 aromatic heterocycles. The Morgan fingerprint density at radius 1 is 0.414 bits per heavy atom. The molecule has 0 saturated carbocycles. The summed E-state index contributed by atoms with van der Waals surface area (Å²) in [6, 6.07) is 78.7. The first-order valence-electron chi connectivity index (χ1n) is 20.0. The molecule has 10 aromatic rings. The second-order valence-corrected chi connectivity index (χ2v) is 15.2. The Bertz CT molecular complexity index is 3050. The van der Waals surface area contributed by atoms with E-state index in [9.17, 15) is 0 Å². The van der Waals surface area contributed by atoms with E-state index in [0.717, 1.165) is 17.1 Å². The lowest BCUT2D eigenvalue weighted by Gasteiger charge is -2.36. The molecule has 1 aliphatic carbocycles. The van der Waals surface area contributed by atoms with Gasteiger partial charge in [0, 0.05) is 5.69 Å². The summed E-state index contributed by atoms with van der Waals surface area (Å²) in [5, 5.41) is 10.9. The molecule has 0 aliphatic heterocycles. The number of hydrogen-bond acceptors (Lipinski definition) is 2. The summed E-state index contributed by atoms with van der Waals surface area (Å²) in [7, 11) is 0. The smallest absolute Gasteiger partial charge is 0.0725 e. The fraction of sp³-hybridized carbons (Fsp3) is 0.0357. The molecule has 2 heteroatoms. The largest absolute Gasteiger partial charge is 0.397 e. The highest BCUT2D eigenvalue weighted by atomic mass is 14.9. The standard InChI is InChI=1S/C44H30.C12H12N2/c1-29-26-27-34-33-19-11-12-25-40(33)44(41(34)28-29,31-16-3-2-4-17-31)43-38-22-9-7-20-36(38)42(37-21-8-10-23-39(37)43)35-24-13-15-30-14-5-6-18-32(30)35;13-11-8-4-5-9-12(11)14-10-6-2-1-3-7-10/h2-28H,1H3;1-9,14H,13H2. The van der Waals surface area contributed by atoms with E-state index in [0.29, 0.717) is 0 Å². The van der Waals surface area contributed by atoms with Gasteiger partial charge in [0.25, 0.3) is 0 Å². The fourth-order valence-electron chi connectivity index (χ4n) is 9.36. The third-order valence-electron chi connectivity index (χ3n) is 11.8. The molecule has 2 nitrogen and oxygen atoms in total. The molecule has 1 aliphatic rings. The molecule has 0 radical (unpaired) electrons. The monoisotopic (exact) mass is 742 g/mol. The number of nitrogens with one attached hydrogen (secondary N) is 1. The Morgan fingerprint density at radius 2 is 0.948 bits per heavy atom. The maximum absolute atomic E-state index is 5.81. The van der Waals surface area contributed by atoms with E-state index >= 15 is 0 Å². The Hall–Kier alpha value is -7.42. The van der Waals surface area contributed by atoms with Crippen molar-refractivity contribution < 1.29 is 0 Å². The highest BCUT2D eigenvalue weighted by molar-refractivity contribution is 6.20. The number of aryl methyl sites for hydroxylation is 1. The summed E-state index contributed by atoms with van der Waals surface area (Å²) < 4.78 is 0. The van der Waals surface area contributed by atoms with Crippen molar-refractivity contribution in [2.24, 2.45) is 0 Å². The van der Waals surface area contributed by atoms with Crippen LogP contribution in [0, 0.1) is 6.92 Å². The normalized spacial score (nSPS) is 14.1. The molecule has 0 bridgehead atoms. The highest BCUT2D eigenvalue weighted by Gasteiger charge is 2.48. The number of hydrogen-bond donors (Lipinski definition) is 2. The molecule has 0 fully saturated rings. The number of fused-ring (bicyclic) bond motifs is 6. The molecule has 3 N–H and O–H groups in total. The van der Waals surface area contributed by atoms with Gasteiger partial charge in [0.05, 0.1) is 16.8 Å². The van der Waals surface area contributed by atoms with Gasteiger partial charge >= 0.3 is 0 Å². The molecule has 0 spiro atoms. The van der Waals surface area contributed by atoms with Crippen LogP contribution in [-0.4, -0.2) is 0 Å². The second-order valence-electron chi connectivity index (χ2n) is 15.2. The Kier molecular flexibility index (Phi) is 8.81. The van der Waals surface area contributed by atoms with Crippen LogP contribution in [0.15, 0.2) is 218 Å². The fourth-order valence-corrected chi connectivity index (χ4v) is 9.36. The third kappa shape index (κ3) is 5.73. The molecule has 0 saturated heterocycles. The van der Waals surface area contributed by atoms with Gasteiger partial charge in [0.15, 0.2) is 0 Å². The van der Waals surface area contributed by atoms with E-state index in [1.54, 1.807) is 0 Å². The van der Waals surface area contributed by atoms with Crippen molar-refractivity contribution in [3.63, 3.8) is 0 Å². The van der Waals surface area contributed by atoms with E-state index in [1.165, 1.54) is 82.4 Å². The number of anilines is 3. The van der Waals surface area contributed by atoms with Crippen molar-refractivity contribution in [1.29, 1.82) is 0 Å². The van der Waals surface area contributed by atoms with Crippen LogP contribution in [0.3, 0.4) is 0 Å². The van der Waals surface area contributed by atoms with Gasteiger partial charge in [0.1, 0.15) is 0 Å². The molecule has 276 valence electrons. The van der Waals surface area contributed by atoms with Crippen LogP contribution in [0.25, 0.3) is 54.6 Å². The minimum atomic E-state index is -0.490. The van der Waals surface area contributed by atoms with E-state index in [2.05, 4.69) is 176 Å². The minimum Gasteiger partial charge on any atom is -0.397 e. The van der Waals surface area contributed by atoms with Crippen LogP contribution in [-0.2, 0) is 5.41 Å². The van der Waals surface area contributed by atoms with Crippen molar-refractivity contribution in [1.82, 2.24) is 0 Å². The van der Waals surface area contributed by atoms with Crippen molar-refractivity contribution in [2.75, 3.05) is 11.1 Å². The van der Waals surface area contributed by atoms with Crippen LogP contribution in [0.1, 0.15) is 27.8 Å². The summed E-state index contributed by atoms with van der Waals surface area (Å²) in [4.78, 5) is 0. The molecule has 10 aromatic carbocycles. The van der Waals surface area contributed by atoms with Gasteiger partial charge in [-0.1, -0.05) is 200 Å². The summed E-state index contributed by atoms with van der Waals surface area (Å²) >= 11 is 0. The zero-order valence-corrected chi connectivity index (χ0v) is 32.4. The zero-order chi connectivity index (χ0) is 39.1. The summed E-state index contributed by atoms with van der Waals surface area (Å²) in [6.07, 6.45) is 0. The van der Waals surface area contributed by atoms with Gasteiger partial charge in [-0.05, 0) is 108 Å². The van der Waals surface area contributed by atoms with E-state index in [-0.39, 0.29) is 0 Å². The third-order valence-corrected chi connectivity index (χ3v) is 11.8. The van der Waals surface area contributed by atoms with Crippen molar-refractivity contribution in [3.8, 4) is 22.3 Å². The quantitative estimate of drug-likeness (QED) is 0.136. The average Bonchev–Trinajstić information content (AvgIpc) is 3.56. The molecule has 1 unspecified atom stereocenters. The lowest BCUT2D eigenvalue weighted by atomic mass is 9.64. The molecule has 11 rings (SSSR count). The molecule has 1 atom stereocenters. The van der Waals surface area contributed by atoms with Gasteiger partial charge in [-0.15, -0.1) is 0 Å². The number of para-hydroxylation sites is 3. The van der Waals surface area contributed by atoms with Gasteiger partial charge in [-0.2, -0.15) is 0 Å². The molecule has 58 heavy (non-hydrogen) atoms. The highest BCUT2D eigenvalue weighted by Crippen LogP contribution is 2.59. The van der Waals surface area contributed by atoms with Crippen molar-refractivity contribution >= 4 is 49.4 Å². The zero-order valence-electron chi connectivity index (χ0n) is 32.4. The summed E-state index contributed by atoms with van der Waals surface area (Å²) in [5.74, 6) is 0. The van der Waals surface area contributed by atoms with Crippen LogP contribution in [0.4, 0.5) is 17.1 Å². The van der Waals surface area contributed by atoms with Gasteiger partial charge in [0.2, 0.25) is 0 Å². The maximum atomic E-state index is 5.81. The van der Waals surface area contributed by atoms with Crippen LogP contribution in [0.2, 0.25) is 0 Å². The Morgan fingerprint density at radius 3 is 1.67 bits per heavy atom. The second kappa shape index (κ2) is 14.6. The summed E-state index contributed by atoms with van der Waals surface area (Å²) in [6.45, 7) is 2.22. The molecule has 0 heterocycles. The Balaban J connectivity index is 0.000000247. The average molecular weight is 743 g/mol. The van der Waals surface area contributed by atoms with E-state index in [1.807, 2.05) is 54.6 Å². The predicted octanol–water partition coefficient (Wildman–Crippen LogP) is 14.5. The molecule has 0 amide bonds. The Labute approximate surface area is 339 Å². The van der Waals surface area contributed by atoms with E-state index in [4.69, 9.17) is 5.73 Å². The predicted molar refractivity (Wildman–Crippen MR) is 247 cm³/mol. The lowest BCUT2D eigenvalue weighted by Crippen LogP contribution is -2.29. The maximum Gasteiger partial charge on any atom is 0.0725 e. The lowest BCUT2D eigenvalue weighted by molar-refractivity contribution is 0.783. The summed E-state index contributed by atoms with van der Waals surface area (Å²) in [5.41, 5.74) is 19.9. The minimum absolute atomic E-state index is 0.490. The number of nitrogen functional groups attached to an aromatic ring is 1.